The maximum atomic E-state index is 10.6. The van der Waals surface area contributed by atoms with Crippen LogP contribution in [-0.2, 0) is 4.74 Å². The molecule has 0 aliphatic carbocycles. The summed E-state index contributed by atoms with van der Waals surface area (Å²) in [6, 6.07) is 0. The van der Waals surface area contributed by atoms with Gasteiger partial charge in [0.05, 0.1) is 11.7 Å². The first-order chi connectivity index (χ1) is 7.49. The molecule has 0 aromatic carbocycles. The summed E-state index contributed by atoms with van der Waals surface area (Å²) in [5, 5.41) is 10.6. The zero-order valence-corrected chi connectivity index (χ0v) is 11.3. The molecular formula is C13H24O2S. The van der Waals surface area contributed by atoms with Crippen molar-refractivity contribution in [1.29, 1.82) is 0 Å². The molecule has 2 atom stereocenters. The van der Waals surface area contributed by atoms with Crippen molar-refractivity contribution >= 4 is 11.8 Å². The molecule has 3 heteroatoms. The third-order valence-corrected chi connectivity index (χ3v) is 5.35. The lowest BCUT2D eigenvalue weighted by molar-refractivity contribution is -0.00423. The second-order valence-corrected chi connectivity index (χ2v) is 7.22. The van der Waals surface area contributed by atoms with E-state index in [1.807, 2.05) is 11.8 Å². The highest BCUT2D eigenvalue weighted by Crippen LogP contribution is 2.41. The van der Waals surface area contributed by atoms with Crippen LogP contribution >= 0.6 is 11.8 Å². The Bertz CT molecular complexity index is 236. The lowest BCUT2D eigenvalue weighted by Gasteiger charge is -2.41. The number of thioether (sulfide) groups is 1. The molecule has 0 aromatic rings. The Labute approximate surface area is 103 Å². The van der Waals surface area contributed by atoms with Crippen LogP contribution in [0.3, 0.4) is 0 Å². The molecule has 2 fully saturated rings. The van der Waals surface area contributed by atoms with Gasteiger partial charge in [0.15, 0.2) is 0 Å². The normalized spacial score (nSPS) is 38.8. The van der Waals surface area contributed by atoms with Gasteiger partial charge in [-0.2, -0.15) is 11.8 Å². The third kappa shape index (κ3) is 3.38. The largest absolute Gasteiger partial charge is 0.389 e. The molecule has 2 aliphatic heterocycles. The lowest BCUT2D eigenvalue weighted by atomic mass is 9.79. The van der Waals surface area contributed by atoms with Crippen molar-refractivity contribution in [3.63, 3.8) is 0 Å². The highest BCUT2D eigenvalue weighted by molar-refractivity contribution is 7.99. The Morgan fingerprint density at radius 3 is 2.81 bits per heavy atom. The Morgan fingerprint density at radius 2 is 2.19 bits per heavy atom. The fourth-order valence-corrected chi connectivity index (χ4v) is 4.36. The van der Waals surface area contributed by atoms with Crippen LogP contribution in [0, 0.1) is 5.41 Å². The van der Waals surface area contributed by atoms with Crippen molar-refractivity contribution in [1.82, 2.24) is 0 Å². The molecule has 2 unspecified atom stereocenters. The molecule has 94 valence electrons. The van der Waals surface area contributed by atoms with Gasteiger partial charge in [-0.3, -0.25) is 0 Å². The van der Waals surface area contributed by atoms with Crippen LogP contribution in [0.4, 0.5) is 0 Å². The quantitative estimate of drug-likeness (QED) is 0.828. The Morgan fingerprint density at radius 1 is 1.38 bits per heavy atom. The van der Waals surface area contributed by atoms with Crippen LogP contribution < -0.4 is 0 Å². The van der Waals surface area contributed by atoms with Crippen molar-refractivity contribution in [2.45, 2.75) is 57.7 Å². The molecule has 0 radical (unpaired) electrons. The molecule has 1 N–H and O–H groups in total. The van der Waals surface area contributed by atoms with Crippen molar-refractivity contribution in [2.24, 2.45) is 5.41 Å². The van der Waals surface area contributed by atoms with Crippen molar-refractivity contribution in [2.75, 3.05) is 18.1 Å². The second kappa shape index (κ2) is 4.87. The van der Waals surface area contributed by atoms with Crippen LogP contribution in [0.15, 0.2) is 0 Å². The third-order valence-electron chi connectivity index (χ3n) is 3.63. The monoisotopic (exact) mass is 244 g/mol. The van der Waals surface area contributed by atoms with Crippen LogP contribution in [0.1, 0.15) is 46.0 Å². The number of hydrogen-bond donors (Lipinski definition) is 1. The fourth-order valence-electron chi connectivity index (χ4n) is 2.97. The highest BCUT2D eigenvalue weighted by atomic mass is 32.2. The average molecular weight is 244 g/mol. The van der Waals surface area contributed by atoms with E-state index in [0.29, 0.717) is 6.10 Å². The predicted molar refractivity (Wildman–Crippen MR) is 68.9 cm³/mol. The molecule has 0 saturated carbocycles. The number of rotatable bonds is 3. The summed E-state index contributed by atoms with van der Waals surface area (Å²) in [7, 11) is 0. The highest BCUT2D eigenvalue weighted by Gasteiger charge is 2.39. The average Bonchev–Trinajstić information content (AvgIpc) is 2.65. The molecule has 0 spiro atoms. The summed E-state index contributed by atoms with van der Waals surface area (Å²) in [6.45, 7) is 5.44. The van der Waals surface area contributed by atoms with E-state index < -0.39 is 5.60 Å². The first-order valence-corrected chi connectivity index (χ1v) is 7.56. The van der Waals surface area contributed by atoms with E-state index in [0.717, 1.165) is 31.6 Å². The van der Waals surface area contributed by atoms with Crippen LogP contribution in [0.2, 0.25) is 0 Å². The molecule has 2 aliphatic rings. The fraction of sp³-hybridized carbons (Fsp3) is 1.00. The summed E-state index contributed by atoms with van der Waals surface area (Å²) in [6.07, 6.45) is 5.69. The van der Waals surface area contributed by atoms with E-state index in [-0.39, 0.29) is 5.41 Å². The van der Waals surface area contributed by atoms with E-state index in [2.05, 4.69) is 13.8 Å². The first kappa shape index (κ1) is 12.7. The smallest absolute Gasteiger partial charge is 0.0744 e. The van der Waals surface area contributed by atoms with Gasteiger partial charge in [0.25, 0.3) is 0 Å². The van der Waals surface area contributed by atoms with E-state index >= 15 is 0 Å². The topological polar surface area (TPSA) is 29.5 Å². The van der Waals surface area contributed by atoms with Gasteiger partial charge >= 0.3 is 0 Å². The number of hydrogen-bond acceptors (Lipinski definition) is 3. The molecule has 0 aromatic heterocycles. The Kier molecular flexibility index (Phi) is 3.87. The molecule has 2 saturated heterocycles. The SMILES string of the molecule is CC1(C)CSCC(O)(CCC2CCCO2)C1. The summed E-state index contributed by atoms with van der Waals surface area (Å²) in [5.74, 6) is 2.08. The molecule has 0 amide bonds. The zero-order chi connectivity index (χ0) is 11.6. The van der Waals surface area contributed by atoms with E-state index in [9.17, 15) is 5.11 Å². The van der Waals surface area contributed by atoms with E-state index in [1.165, 1.54) is 18.6 Å². The van der Waals surface area contributed by atoms with Crippen LogP contribution in [0.25, 0.3) is 0 Å². The molecule has 2 heterocycles. The van der Waals surface area contributed by atoms with Crippen molar-refractivity contribution in [3.05, 3.63) is 0 Å². The van der Waals surface area contributed by atoms with Gasteiger partial charge in [-0.05, 0) is 43.3 Å². The number of ether oxygens (including phenoxy) is 1. The molecule has 0 bridgehead atoms. The Balaban J connectivity index is 1.82. The van der Waals surface area contributed by atoms with Gasteiger partial charge in [0, 0.05) is 12.4 Å². The van der Waals surface area contributed by atoms with Crippen molar-refractivity contribution in [3.8, 4) is 0 Å². The molecule has 2 rings (SSSR count). The Hall–Kier alpha value is 0.270. The van der Waals surface area contributed by atoms with Gasteiger partial charge in [0.1, 0.15) is 0 Å². The van der Waals surface area contributed by atoms with Gasteiger partial charge in [-0.25, -0.2) is 0 Å². The minimum absolute atomic E-state index is 0.286. The molecule has 16 heavy (non-hydrogen) atoms. The van der Waals surface area contributed by atoms with Crippen LogP contribution in [0.5, 0.6) is 0 Å². The molecular weight excluding hydrogens is 220 g/mol. The maximum absolute atomic E-state index is 10.6. The summed E-state index contributed by atoms with van der Waals surface area (Å²) < 4.78 is 5.62. The van der Waals surface area contributed by atoms with Crippen LogP contribution in [-0.4, -0.2) is 34.9 Å². The summed E-state index contributed by atoms with van der Waals surface area (Å²) in [5.41, 5.74) is -0.160. The van der Waals surface area contributed by atoms with Gasteiger partial charge in [-0.1, -0.05) is 13.8 Å². The zero-order valence-electron chi connectivity index (χ0n) is 10.5. The lowest BCUT2D eigenvalue weighted by Crippen LogP contribution is -2.42. The number of aliphatic hydroxyl groups is 1. The van der Waals surface area contributed by atoms with Gasteiger partial charge in [-0.15, -0.1) is 0 Å². The maximum Gasteiger partial charge on any atom is 0.0744 e. The minimum atomic E-state index is -0.446. The second-order valence-electron chi connectivity index (χ2n) is 6.23. The summed E-state index contributed by atoms with van der Waals surface area (Å²) in [4.78, 5) is 0. The minimum Gasteiger partial charge on any atom is -0.389 e. The predicted octanol–water partition coefficient (Wildman–Crippen LogP) is 2.84. The van der Waals surface area contributed by atoms with Gasteiger partial charge in [0.2, 0.25) is 0 Å². The van der Waals surface area contributed by atoms with Gasteiger partial charge < -0.3 is 9.84 Å². The summed E-state index contributed by atoms with van der Waals surface area (Å²) >= 11 is 1.90. The van der Waals surface area contributed by atoms with E-state index in [4.69, 9.17) is 4.74 Å². The van der Waals surface area contributed by atoms with E-state index in [1.54, 1.807) is 0 Å². The molecule has 2 nitrogen and oxygen atoms in total. The first-order valence-electron chi connectivity index (χ1n) is 6.41. The standard InChI is InChI=1S/C13H24O2S/c1-12(2)8-13(14,10-16-9-12)6-5-11-4-3-7-15-11/h11,14H,3-10H2,1-2H3. The van der Waals surface area contributed by atoms with Crippen molar-refractivity contribution < 1.29 is 9.84 Å².